The van der Waals surface area contributed by atoms with Gasteiger partial charge in [0.25, 0.3) is 5.91 Å². The highest BCUT2D eigenvalue weighted by Crippen LogP contribution is 2.11. The van der Waals surface area contributed by atoms with E-state index < -0.39 is 5.82 Å². The zero-order valence-corrected chi connectivity index (χ0v) is 8.90. The van der Waals surface area contributed by atoms with Crippen molar-refractivity contribution in [3.05, 3.63) is 29.8 Å². The molecule has 2 rings (SSSR count). The summed E-state index contributed by atoms with van der Waals surface area (Å²) in [5.74, 6) is -0.609. The number of halogens is 1. The molecule has 5 heteroatoms. The fourth-order valence-electron chi connectivity index (χ4n) is 1.86. The van der Waals surface area contributed by atoms with Crippen molar-refractivity contribution in [2.75, 3.05) is 13.1 Å². The molecule has 1 aromatic heterocycles. The second kappa shape index (κ2) is 4.57. The molecular weight excluding hydrogens is 209 g/mol. The number of likely N-dealkylation sites (tertiary alicyclic amines) is 1. The zero-order chi connectivity index (χ0) is 11.5. The van der Waals surface area contributed by atoms with Crippen LogP contribution in [0.5, 0.6) is 0 Å². The van der Waals surface area contributed by atoms with Crippen LogP contribution in [0.3, 0.4) is 0 Å². The maximum atomic E-state index is 12.6. The average Bonchev–Trinajstić information content (AvgIpc) is 2.29. The van der Waals surface area contributed by atoms with Crippen molar-refractivity contribution in [3.8, 4) is 0 Å². The third-order valence-corrected chi connectivity index (χ3v) is 2.69. The van der Waals surface area contributed by atoms with Crippen LogP contribution in [-0.2, 0) is 0 Å². The predicted octanol–water partition coefficient (Wildman–Crippen LogP) is 0.784. The van der Waals surface area contributed by atoms with E-state index in [1.807, 2.05) is 0 Å². The molecule has 16 heavy (non-hydrogen) atoms. The van der Waals surface area contributed by atoms with Crippen molar-refractivity contribution < 1.29 is 9.18 Å². The summed E-state index contributed by atoms with van der Waals surface area (Å²) >= 11 is 0. The Bertz CT molecular complexity index is 379. The molecule has 0 bridgehead atoms. The second-order valence-corrected chi connectivity index (χ2v) is 4.02. The maximum Gasteiger partial charge on any atom is 0.272 e. The molecule has 1 aromatic rings. The molecule has 0 aromatic carbocycles. The Labute approximate surface area is 93.3 Å². The van der Waals surface area contributed by atoms with Gasteiger partial charge in [-0.05, 0) is 25.0 Å². The van der Waals surface area contributed by atoms with Gasteiger partial charge >= 0.3 is 0 Å². The SMILES string of the molecule is N[C@@H]1CCCN(C(=O)c2ccc(F)cn2)C1. The third-order valence-electron chi connectivity index (χ3n) is 2.69. The van der Waals surface area contributed by atoms with E-state index in [1.54, 1.807) is 4.90 Å². The largest absolute Gasteiger partial charge is 0.336 e. The molecule has 1 atom stereocenters. The molecule has 4 nitrogen and oxygen atoms in total. The van der Waals surface area contributed by atoms with Gasteiger partial charge in [0.15, 0.2) is 0 Å². The Morgan fingerprint density at radius 2 is 2.38 bits per heavy atom. The van der Waals surface area contributed by atoms with Crippen LogP contribution in [0.1, 0.15) is 23.3 Å². The van der Waals surface area contributed by atoms with Crippen molar-refractivity contribution in [1.82, 2.24) is 9.88 Å². The topological polar surface area (TPSA) is 59.2 Å². The van der Waals surface area contributed by atoms with Crippen molar-refractivity contribution in [2.24, 2.45) is 5.73 Å². The minimum Gasteiger partial charge on any atom is -0.336 e. The monoisotopic (exact) mass is 223 g/mol. The number of piperidine rings is 1. The van der Waals surface area contributed by atoms with Crippen LogP contribution in [0.4, 0.5) is 4.39 Å². The highest BCUT2D eigenvalue weighted by atomic mass is 19.1. The van der Waals surface area contributed by atoms with Crippen LogP contribution in [-0.4, -0.2) is 34.9 Å². The quantitative estimate of drug-likeness (QED) is 0.765. The Hall–Kier alpha value is -1.49. The number of carbonyl (C=O) groups excluding carboxylic acids is 1. The van der Waals surface area contributed by atoms with Gasteiger partial charge in [-0.1, -0.05) is 0 Å². The minimum absolute atomic E-state index is 0.0400. The van der Waals surface area contributed by atoms with Crippen LogP contribution in [0.25, 0.3) is 0 Å². The molecule has 86 valence electrons. The number of rotatable bonds is 1. The lowest BCUT2D eigenvalue weighted by Gasteiger charge is -2.30. The molecule has 1 fully saturated rings. The van der Waals surface area contributed by atoms with E-state index in [2.05, 4.69) is 4.98 Å². The molecule has 1 aliphatic rings. The molecular formula is C11H14FN3O. The Morgan fingerprint density at radius 1 is 1.56 bits per heavy atom. The van der Waals surface area contributed by atoms with E-state index in [9.17, 15) is 9.18 Å². The van der Waals surface area contributed by atoms with Gasteiger partial charge in [0.05, 0.1) is 6.20 Å². The third kappa shape index (κ3) is 2.36. The van der Waals surface area contributed by atoms with Crippen molar-refractivity contribution in [3.63, 3.8) is 0 Å². The summed E-state index contributed by atoms with van der Waals surface area (Å²) in [7, 11) is 0. The van der Waals surface area contributed by atoms with Gasteiger partial charge in [0.1, 0.15) is 11.5 Å². The number of amides is 1. The van der Waals surface area contributed by atoms with Gasteiger partial charge in [0, 0.05) is 19.1 Å². The van der Waals surface area contributed by atoms with Gasteiger partial charge in [-0.2, -0.15) is 0 Å². The van der Waals surface area contributed by atoms with Gasteiger partial charge in [0.2, 0.25) is 0 Å². The zero-order valence-electron chi connectivity index (χ0n) is 8.90. The maximum absolute atomic E-state index is 12.6. The molecule has 0 saturated carbocycles. The van der Waals surface area contributed by atoms with Crippen LogP contribution < -0.4 is 5.73 Å². The van der Waals surface area contributed by atoms with E-state index in [4.69, 9.17) is 5.73 Å². The van der Waals surface area contributed by atoms with E-state index in [1.165, 1.54) is 12.1 Å². The Balaban J connectivity index is 2.09. The number of aromatic nitrogens is 1. The first-order valence-corrected chi connectivity index (χ1v) is 5.33. The summed E-state index contributed by atoms with van der Waals surface area (Å²) in [5.41, 5.74) is 6.06. The Kier molecular flexibility index (Phi) is 3.14. The lowest BCUT2D eigenvalue weighted by molar-refractivity contribution is 0.0703. The molecule has 1 saturated heterocycles. The number of nitrogens with two attached hydrogens (primary N) is 1. The number of carbonyl (C=O) groups is 1. The molecule has 1 amide bonds. The molecule has 0 radical (unpaired) electrons. The highest BCUT2D eigenvalue weighted by Gasteiger charge is 2.22. The fraction of sp³-hybridized carbons (Fsp3) is 0.455. The van der Waals surface area contributed by atoms with Crippen LogP contribution in [0, 0.1) is 5.82 Å². The summed E-state index contributed by atoms with van der Waals surface area (Å²) in [5, 5.41) is 0. The number of pyridine rings is 1. The molecule has 2 N–H and O–H groups in total. The predicted molar refractivity (Wildman–Crippen MR) is 57.3 cm³/mol. The standard InChI is InChI=1S/C11H14FN3O/c12-8-3-4-10(14-6-8)11(16)15-5-1-2-9(13)7-15/h3-4,6,9H,1-2,5,7,13H2/t9-/m1/s1. The average molecular weight is 223 g/mol. The first-order valence-electron chi connectivity index (χ1n) is 5.33. The summed E-state index contributed by atoms with van der Waals surface area (Å²) in [6, 6.07) is 2.68. The second-order valence-electron chi connectivity index (χ2n) is 4.02. The number of hydrogen-bond donors (Lipinski definition) is 1. The minimum atomic E-state index is -0.438. The smallest absolute Gasteiger partial charge is 0.272 e. The number of nitrogens with zero attached hydrogens (tertiary/aromatic N) is 2. The molecule has 0 unspecified atom stereocenters. The summed E-state index contributed by atoms with van der Waals surface area (Å²) in [6.07, 6.45) is 2.91. The molecule has 0 aliphatic carbocycles. The lowest BCUT2D eigenvalue weighted by Crippen LogP contribution is -2.45. The van der Waals surface area contributed by atoms with Crippen LogP contribution >= 0.6 is 0 Å². The van der Waals surface area contributed by atoms with Gasteiger partial charge < -0.3 is 10.6 Å². The van der Waals surface area contributed by atoms with E-state index in [-0.39, 0.29) is 17.6 Å². The van der Waals surface area contributed by atoms with Crippen LogP contribution in [0.2, 0.25) is 0 Å². The van der Waals surface area contributed by atoms with Crippen molar-refractivity contribution >= 4 is 5.91 Å². The summed E-state index contributed by atoms with van der Waals surface area (Å²) < 4.78 is 12.6. The lowest BCUT2D eigenvalue weighted by atomic mass is 10.1. The van der Waals surface area contributed by atoms with Gasteiger partial charge in [-0.25, -0.2) is 9.37 Å². The van der Waals surface area contributed by atoms with E-state index in [0.717, 1.165) is 19.0 Å². The van der Waals surface area contributed by atoms with Crippen LogP contribution in [0.15, 0.2) is 18.3 Å². The Morgan fingerprint density at radius 3 is 3.00 bits per heavy atom. The van der Waals surface area contributed by atoms with E-state index >= 15 is 0 Å². The van der Waals surface area contributed by atoms with Gasteiger partial charge in [-0.3, -0.25) is 4.79 Å². The van der Waals surface area contributed by atoms with Crippen molar-refractivity contribution in [1.29, 1.82) is 0 Å². The van der Waals surface area contributed by atoms with Crippen molar-refractivity contribution in [2.45, 2.75) is 18.9 Å². The molecule has 0 spiro atoms. The first kappa shape index (κ1) is 11.0. The molecule has 1 aliphatic heterocycles. The fourth-order valence-corrected chi connectivity index (χ4v) is 1.86. The van der Waals surface area contributed by atoms with E-state index in [0.29, 0.717) is 13.1 Å². The summed E-state index contributed by atoms with van der Waals surface area (Å²) in [4.78, 5) is 17.4. The molecule has 2 heterocycles. The highest BCUT2D eigenvalue weighted by molar-refractivity contribution is 5.92. The normalized spacial score (nSPS) is 20.9. The van der Waals surface area contributed by atoms with Gasteiger partial charge in [-0.15, -0.1) is 0 Å². The first-order chi connectivity index (χ1) is 7.66. The summed E-state index contributed by atoms with van der Waals surface area (Å²) in [6.45, 7) is 1.25. The number of hydrogen-bond acceptors (Lipinski definition) is 3.